The number of aryl methyl sites for hydroxylation is 1. The molecule has 12 heavy (non-hydrogen) atoms. The first-order chi connectivity index (χ1) is 5.52. The highest BCUT2D eigenvalue weighted by Gasteiger charge is 2.09. The fourth-order valence-corrected chi connectivity index (χ4v) is 1.15. The molecule has 4 heteroatoms. The lowest BCUT2D eigenvalue weighted by Crippen LogP contribution is -2.11. The van der Waals surface area contributed by atoms with Crippen LogP contribution in [0, 0.1) is 5.41 Å². The molecule has 1 aromatic heterocycles. The molecule has 0 aliphatic heterocycles. The fourth-order valence-electron chi connectivity index (χ4n) is 1.15. The molecule has 0 aliphatic carbocycles. The topological polar surface area (TPSA) is 67.7 Å². The molecular weight excluding hydrogens is 152 g/mol. The smallest absolute Gasteiger partial charge is 0.143 e. The Bertz CT molecular complexity index is 298. The summed E-state index contributed by atoms with van der Waals surface area (Å²) >= 11 is 0. The molecule has 0 saturated heterocycles. The molecule has 3 N–H and O–H groups in total. The lowest BCUT2D eigenvalue weighted by molar-refractivity contribution is 0.668. The van der Waals surface area contributed by atoms with E-state index in [9.17, 15) is 0 Å². The zero-order chi connectivity index (χ0) is 9.30. The lowest BCUT2D eigenvalue weighted by atomic mass is 10.1. The average molecular weight is 166 g/mol. The van der Waals surface area contributed by atoms with E-state index in [4.69, 9.17) is 11.1 Å². The molecule has 0 bridgehead atoms. The highest BCUT2D eigenvalue weighted by molar-refractivity contribution is 5.93. The van der Waals surface area contributed by atoms with Gasteiger partial charge in [0.15, 0.2) is 0 Å². The highest BCUT2D eigenvalue weighted by Crippen LogP contribution is 2.13. The summed E-state index contributed by atoms with van der Waals surface area (Å²) in [6.07, 6.45) is 0. The molecule has 0 amide bonds. The Labute approximate surface area is 71.9 Å². The van der Waals surface area contributed by atoms with E-state index in [0.29, 0.717) is 11.6 Å². The number of aromatic nitrogens is 2. The first kappa shape index (κ1) is 8.77. The SMILES string of the molecule is CC(C)c1cc(C(=N)N)nn1C. The average Bonchev–Trinajstić information content (AvgIpc) is 2.30. The predicted octanol–water partition coefficient (Wildman–Crippen LogP) is 0.828. The van der Waals surface area contributed by atoms with Gasteiger partial charge in [0, 0.05) is 12.7 Å². The first-order valence-electron chi connectivity index (χ1n) is 3.90. The zero-order valence-electron chi connectivity index (χ0n) is 7.63. The van der Waals surface area contributed by atoms with Crippen LogP contribution in [0.25, 0.3) is 0 Å². The van der Waals surface area contributed by atoms with Crippen molar-refractivity contribution in [3.8, 4) is 0 Å². The van der Waals surface area contributed by atoms with Gasteiger partial charge < -0.3 is 5.73 Å². The molecule has 0 spiro atoms. The Kier molecular flexibility index (Phi) is 2.17. The van der Waals surface area contributed by atoms with Crippen molar-refractivity contribution < 1.29 is 0 Å². The Balaban J connectivity index is 3.09. The summed E-state index contributed by atoms with van der Waals surface area (Å²) in [5, 5.41) is 11.3. The predicted molar refractivity (Wildman–Crippen MR) is 48.3 cm³/mol. The maximum absolute atomic E-state index is 7.19. The number of nitrogens with two attached hydrogens (primary N) is 1. The van der Waals surface area contributed by atoms with Crippen LogP contribution in [0.3, 0.4) is 0 Å². The normalized spacial score (nSPS) is 10.7. The Morgan fingerprint density at radius 2 is 2.25 bits per heavy atom. The van der Waals surface area contributed by atoms with Gasteiger partial charge in [-0.1, -0.05) is 13.8 Å². The van der Waals surface area contributed by atoms with Crippen LogP contribution < -0.4 is 5.73 Å². The van der Waals surface area contributed by atoms with Crippen molar-refractivity contribution >= 4 is 5.84 Å². The third kappa shape index (κ3) is 1.47. The summed E-state index contributed by atoms with van der Waals surface area (Å²) < 4.78 is 1.77. The van der Waals surface area contributed by atoms with Crippen molar-refractivity contribution in [2.45, 2.75) is 19.8 Å². The second-order valence-corrected chi connectivity index (χ2v) is 3.15. The third-order valence-corrected chi connectivity index (χ3v) is 1.78. The quantitative estimate of drug-likeness (QED) is 0.504. The summed E-state index contributed by atoms with van der Waals surface area (Å²) in [6, 6.07) is 1.85. The van der Waals surface area contributed by atoms with Gasteiger partial charge in [-0.2, -0.15) is 5.10 Å². The van der Waals surface area contributed by atoms with Crippen LogP contribution in [-0.2, 0) is 7.05 Å². The Morgan fingerprint density at radius 3 is 2.50 bits per heavy atom. The summed E-state index contributed by atoms with van der Waals surface area (Å²) in [7, 11) is 1.86. The molecule has 66 valence electrons. The van der Waals surface area contributed by atoms with E-state index in [2.05, 4.69) is 18.9 Å². The molecular formula is C8H14N4. The van der Waals surface area contributed by atoms with E-state index in [0.717, 1.165) is 5.69 Å². The number of nitrogen functional groups attached to an aromatic ring is 1. The van der Waals surface area contributed by atoms with Crippen LogP contribution >= 0.6 is 0 Å². The number of nitrogens with zero attached hydrogens (tertiary/aromatic N) is 2. The van der Waals surface area contributed by atoms with Crippen LogP contribution in [0.2, 0.25) is 0 Å². The monoisotopic (exact) mass is 166 g/mol. The van der Waals surface area contributed by atoms with Crippen LogP contribution in [0.4, 0.5) is 0 Å². The van der Waals surface area contributed by atoms with E-state index in [1.54, 1.807) is 4.68 Å². The number of rotatable bonds is 2. The lowest BCUT2D eigenvalue weighted by Gasteiger charge is -2.02. The van der Waals surface area contributed by atoms with Crippen LogP contribution in [0.5, 0.6) is 0 Å². The largest absolute Gasteiger partial charge is 0.382 e. The van der Waals surface area contributed by atoms with Crippen LogP contribution in [0.1, 0.15) is 31.2 Å². The van der Waals surface area contributed by atoms with Gasteiger partial charge in [0.2, 0.25) is 0 Å². The molecule has 0 aromatic carbocycles. The van der Waals surface area contributed by atoms with Gasteiger partial charge in [-0.3, -0.25) is 10.1 Å². The molecule has 0 saturated carbocycles. The summed E-state index contributed by atoms with van der Waals surface area (Å²) in [5.41, 5.74) is 6.96. The molecule has 1 aromatic rings. The highest BCUT2D eigenvalue weighted by atomic mass is 15.3. The second kappa shape index (κ2) is 2.97. The summed E-state index contributed by atoms with van der Waals surface area (Å²) in [6.45, 7) is 4.17. The van der Waals surface area contributed by atoms with Crippen molar-refractivity contribution in [1.82, 2.24) is 9.78 Å². The minimum absolute atomic E-state index is 0.0255. The van der Waals surface area contributed by atoms with E-state index < -0.39 is 0 Å². The molecule has 0 aliphatic rings. The first-order valence-corrected chi connectivity index (χ1v) is 3.90. The van der Waals surface area contributed by atoms with E-state index in [1.165, 1.54) is 0 Å². The number of nitrogens with one attached hydrogen (secondary N) is 1. The van der Waals surface area contributed by atoms with Crippen molar-refractivity contribution in [2.75, 3.05) is 0 Å². The standard InChI is InChI=1S/C8H14N4/c1-5(2)7-4-6(8(9)10)11-12(7)3/h4-5H,1-3H3,(H3,9,10). The van der Waals surface area contributed by atoms with Gasteiger partial charge in [0.1, 0.15) is 11.5 Å². The number of amidine groups is 1. The minimum atomic E-state index is 0.0255. The maximum Gasteiger partial charge on any atom is 0.143 e. The summed E-state index contributed by atoms with van der Waals surface area (Å²) in [4.78, 5) is 0. The molecule has 1 heterocycles. The molecule has 1 rings (SSSR count). The van der Waals surface area contributed by atoms with Crippen molar-refractivity contribution in [1.29, 1.82) is 5.41 Å². The van der Waals surface area contributed by atoms with Gasteiger partial charge in [0.05, 0.1) is 0 Å². The van der Waals surface area contributed by atoms with E-state index in [1.807, 2.05) is 13.1 Å². The third-order valence-electron chi connectivity index (χ3n) is 1.78. The molecule has 0 unspecified atom stereocenters. The zero-order valence-corrected chi connectivity index (χ0v) is 7.63. The minimum Gasteiger partial charge on any atom is -0.382 e. The van der Waals surface area contributed by atoms with Crippen molar-refractivity contribution in [2.24, 2.45) is 12.8 Å². The fraction of sp³-hybridized carbons (Fsp3) is 0.500. The van der Waals surface area contributed by atoms with E-state index >= 15 is 0 Å². The Morgan fingerprint density at radius 1 is 1.67 bits per heavy atom. The van der Waals surface area contributed by atoms with Gasteiger partial charge in [-0.25, -0.2) is 0 Å². The summed E-state index contributed by atoms with van der Waals surface area (Å²) in [5.74, 6) is 0.438. The van der Waals surface area contributed by atoms with Crippen molar-refractivity contribution in [3.05, 3.63) is 17.5 Å². The van der Waals surface area contributed by atoms with Gasteiger partial charge in [0.25, 0.3) is 0 Å². The molecule has 0 atom stereocenters. The maximum atomic E-state index is 7.19. The van der Waals surface area contributed by atoms with Gasteiger partial charge >= 0.3 is 0 Å². The Hall–Kier alpha value is -1.32. The van der Waals surface area contributed by atoms with Crippen molar-refractivity contribution in [3.63, 3.8) is 0 Å². The van der Waals surface area contributed by atoms with Crippen LogP contribution in [-0.4, -0.2) is 15.6 Å². The second-order valence-electron chi connectivity index (χ2n) is 3.15. The van der Waals surface area contributed by atoms with Crippen LogP contribution in [0.15, 0.2) is 6.07 Å². The van der Waals surface area contributed by atoms with Gasteiger partial charge in [-0.15, -0.1) is 0 Å². The molecule has 0 radical (unpaired) electrons. The molecule has 0 fully saturated rings. The molecule has 4 nitrogen and oxygen atoms in total. The number of hydrogen-bond acceptors (Lipinski definition) is 2. The number of hydrogen-bond donors (Lipinski definition) is 2. The van der Waals surface area contributed by atoms with E-state index in [-0.39, 0.29) is 5.84 Å². The van der Waals surface area contributed by atoms with Gasteiger partial charge in [-0.05, 0) is 12.0 Å².